The number of phenols is 1. The molecule has 0 aliphatic heterocycles. The average Bonchev–Trinajstić information content (AvgIpc) is 2.07. The summed E-state index contributed by atoms with van der Waals surface area (Å²) < 4.78 is 0. The molecule has 0 heterocycles. The lowest BCUT2D eigenvalue weighted by molar-refractivity contribution is 0.101. The molecule has 0 saturated carbocycles. The van der Waals surface area contributed by atoms with Crippen molar-refractivity contribution in [2.24, 2.45) is 0 Å². The molecular formula is C12H14O2. The van der Waals surface area contributed by atoms with E-state index in [2.05, 4.69) is 6.58 Å². The number of hydrogen-bond acceptors (Lipinski definition) is 2. The Kier molecular flexibility index (Phi) is 2.75. The van der Waals surface area contributed by atoms with E-state index in [-0.39, 0.29) is 11.5 Å². The van der Waals surface area contributed by atoms with Gasteiger partial charge in [0, 0.05) is 0 Å². The Morgan fingerprint density at radius 1 is 1.29 bits per heavy atom. The molecule has 0 aromatic heterocycles. The molecule has 0 aliphatic rings. The summed E-state index contributed by atoms with van der Waals surface area (Å²) in [6, 6.07) is 3.32. The third-order valence-corrected chi connectivity index (χ3v) is 2.17. The van der Waals surface area contributed by atoms with Crippen molar-refractivity contribution in [3.8, 4) is 5.75 Å². The molecule has 0 spiro atoms. The highest BCUT2D eigenvalue weighted by molar-refractivity contribution is 6.01. The first kappa shape index (κ1) is 10.5. The van der Waals surface area contributed by atoms with Gasteiger partial charge in [0.1, 0.15) is 5.75 Å². The Labute approximate surface area is 83.9 Å². The van der Waals surface area contributed by atoms with Crippen LogP contribution >= 0.6 is 0 Å². The lowest BCUT2D eigenvalue weighted by Gasteiger charge is -2.11. The Balaban J connectivity index is 3.58. The van der Waals surface area contributed by atoms with Crippen LogP contribution < -0.4 is 0 Å². The molecule has 0 radical (unpaired) electrons. The van der Waals surface area contributed by atoms with Gasteiger partial charge in [-0.1, -0.05) is 12.6 Å². The summed E-state index contributed by atoms with van der Waals surface area (Å²) in [5.74, 6) is -0.106. The van der Waals surface area contributed by atoms with E-state index in [0.29, 0.717) is 5.56 Å². The number of aryl methyl sites for hydroxylation is 1. The summed E-state index contributed by atoms with van der Waals surface area (Å²) in [6.45, 7) is 8.98. The smallest absolute Gasteiger partial charge is 0.164 e. The van der Waals surface area contributed by atoms with Crippen LogP contribution in [-0.2, 0) is 0 Å². The zero-order valence-corrected chi connectivity index (χ0v) is 8.72. The van der Waals surface area contributed by atoms with Crippen molar-refractivity contribution < 1.29 is 9.90 Å². The highest BCUT2D eigenvalue weighted by Gasteiger charge is 2.14. The Morgan fingerprint density at radius 2 is 1.86 bits per heavy atom. The van der Waals surface area contributed by atoms with Gasteiger partial charge in [0.25, 0.3) is 0 Å². The summed E-state index contributed by atoms with van der Waals surface area (Å²) in [5.41, 5.74) is 2.89. The second-order valence-electron chi connectivity index (χ2n) is 3.49. The monoisotopic (exact) mass is 190 g/mol. The van der Waals surface area contributed by atoms with E-state index < -0.39 is 0 Å². The highest BCUT2D eigenvalue weighted by Crippen LogP contribution is 2.29. The van der Waals surface area contributed by atoms with Gasteiger partial charge in [-0.3, -0.25) is 4.79 Å². The van der Waals surface area contributed by atoms with Crippen molar-refractivity contribution >= 4 is 11.4 Å². The van der Waals surface area contributed by atoms with Crippen molar-refractivity contribution in [3.05, 3.63) is 35.4 Å². The molecule has 0 bridgehead atoms. The number of allylic oxidation sites excluding steroid dienone is 1. The van der Waals surface area contributed by atoms with E-state index in [1.165, 1.54) is 6.92 Å². The number of carbonyl (C=O) groups excluding carboxylic acids is 1. The van der Waals surface area contributed by atoms with E-state index in [1.807, 2.05) is 13.8 Å². The van der Waals surface area contributed by atoms with E-state index >= 15 is 0 Å². The zero-order chi connectivity index (χ0) is 10.9. The number of aromatic hydroxyl groups is 1. The zero-order valence-electron chi connectivity index (χ0n) is 8.72. The van der Waals surface area contributed by atoms with Crippen molar-refractivity contribution in [1.29, 1.82) is 0 Å². The first-order chi connectivity index (χ1) is 6.45. The van der Waals surface area contributed by atoms with Gasteiger partial charge in [-0.25, -0.2) is 0 Å². The number of benzene rings is 1. The van der Waals surface area contributed by atoms with Crippen LogP contribution in [0.2, 0.25) is 0 Å². The quantitative estimate of drug-likeness (QED) is 0.728. The maximum atomic E-state index is 11.3. The molecule has 0 unspecified atom stereocenters. The molecule has 1 aromatic carbocycles. The van der Waals surface area contributed by atoms with E-state index in [1.54, 1.807) is 12.1 Å². The standard InChI is InChI=1S/C12H14O2/c1-7(2)11-8(3)5-6-10(14)12(11)9(4)13/h5-6,14H,1H2,2-4H3. The number of hydrogen-bond donors (Lipinski definition) is 1. The Hall–Kier alpha value is -1.57. The van der Waals surface area contributed by atoms with Crippen molar-refractivity contribution in [3.63, 3.8) is 0 Å². The molecule has 74 valence electrons. The number of phenolic OH excluding ortho intramolecular Hbond substituents is 1. The van der Waals surface area contributed by atoms with Gasteiger partial charge in [0.2, 0.25) is 0 Å². The van der Waals surface area contributed by atoms with Gasteiger partial charge < -0.3 is 5.11 Å². The predicted octanol–water partition coefficient (Wildman–Crippen LogP) is 2.94. The van der Waals surface area contributed by atoms with Crippen LogP contribution in [0.5, 0.6) is 5.75 Å². The minimum absolute atomic E-state index is 0.0288. The summed E-state index contributed by atoms with van der Waals surface area (Å²) in [5, 5.41) is 9.57. The summed E-state index contributed by atoms with van der Waals surface area (Å²) in [7, 11) is 0. The fourth-order valence-electron chi connectivity index (χ4n) is 1.60. The molecule has 0 saturated heterocycles. The van der Waals surface area contributed by atoms with Gasteiger partial charge >= 0.3 is 0 Å². The SMILES string of the molecule is C=C(C)c1c(C)ccc(O)c1C(C)=O. The molecule has 0 atom stereocenters. The summed E-state index contributed by atoms with van der Waals surface area (Å²) in [6.07, 6.45) is 0. The number of ketones is 1. The Morgan fingerprint density at radius 3 is 2.21 bits per heavy atom. The van der Waals surface area contributed by atoms with E-state index in [4.69, 9.17) is 0 Å². The number of rotatable bonds is 2. The van der Waals surface area contributed by atoms with Crippen molar-refractivity contribution in [2.45, 2.75) is 20.8 Å². The van der Waals surface area contributed by atoms with Gasteiger partial charge in [0.15, 0.2) is 5.78 Å². The maximum absolute atomic E-state index is 11.3. The fourth-order valence-corrected chi connectivity index (χ4v) is 1.60. The van der Waals surface area contributed by atoms with Crippen LogP contribution in [0.4, 0.5) is 0 Å². The predicted molar refractivity (Wildman–Crippen MR) is 57.6 cm³/mol. The van der Waals surface area contributed by atoms with Gasteiger partial charge in [-0.2, -0.15) is 0 Å². The van der Waals surface area contributed by atoms with Gasteiger partial charge in [-0.05, 0) is 43.5 Å². The summed E-state index contributed by atoms with van der Waals surface area (Å²) >= 11 is 0. The van der Waals surface area contributed by atoms with Gasteiger partial charge in [-0.15, -0.1) is 0 Å². The minimum Gasteiger partial charge on any atom is -0.507 e. The van der Waals surface area contributed by atoms with E-state index in [0.717, 1.165) is 16.7 Å². The average molecular weight is 190 g/mol. The molecule has 1 aromatic rings. The summed E-state index contributed by atoms with van der Waals surface area (Å²) in [4.78, 5) is 11.3. The minimum atomic E-state index is -0.135. The van der Waals surface area contributed by atoms with Gasteiger partial charge in [0.05, 0.1) is 5.56 Å². The molecule has 2 nitrogen and oxygen atoms in total. The molecule has 2 heteroatoms. The van der Waals surface area contributed by atoms with Crippen molar-refractivity contribution in [2.75, 3.05) is 0 Å². The third kappa shape index (κ3) is 1.69. The van der Waals surface area contributed by atoms with Crippen LogP contribution in [-0.4, -0.2) is 10.9 Å². The fraction of sp³-hybridized carbons (Fsp3) is 0.250. The number of carbonyl (C=O) groups is 1. The lowest BCUT2D eigenvalue weighted by atomic mass is 9.94. The topological polar surface area (TPSA) is 37.3 Å². The molecule has 0 amide bonds. The number of Topliss-reactive ketones (excluding diaryl/α,β-unsaturated/α-hetero) is 1. The van der Waals surface area contributed by atoms with Crippen LogP contribution in [0.15, 0.2) is 18.7 Å². The molecule has 14 heavy (non-hydrogen) atoms. The normalized spacial score (nSPS) is 9.93. The second kappa shape index (κ2) is 3.66. The first-order valence-corrected chi connectivity index (χ1v) is 4.44. The second-order valence-corrected chi connectivity index (χ2v) is 3.49. The van der Waals surface area contributed by atoms with Crippen LogP contribution in [0, 0.1) is 6.92 Å². The molecule has 1 rings (SSSR count). The van der Waals surface area contributed by atoms with Crippen molar-refractivity contribution in [1.82, 2.24) is 0 Å². The first-order valence-electron chi connectivity index (χ1n) is 4.44. The largest absolute Gasteiger partial charge is 0.507 e. The Bertz CT molecular complexity index is 364. The molecule has 0 aliphatic carbocycles. The molecule has 0 fully saturated rings. The third-order valence-electron chi connectivity index (χ3n) is 2.17. The van der Waals surface area contributed by atoms with E-state index in [9.17, 15) is 9.90 Å². The van der Waals surface area contributed by atoms with Crippen LogP contribution in [0.3, 0.4) is 0 Å². The molecule has 1 N–H and O–H groups in total. The van der Waals surface area contributed by atoms with Crippen LogP contribution in [0.25, 0.3) is 5.57 Å². The maximum Gasteiger partial charge on any atom is 0.164 e. The lowest BCUT2D eigenvalue weighted by Crippen LogP contribution is -2.00. The molecular weight excluding hydrogens is 176 g/mol. The highest BCUT2D eigenvalue weighted by atomic mass is 16.3. The van der Waals surface area contributed by atoms with Crippen LogP contribution in [0.1, 0.15) is 35.3 Å².